The molecule has 0 spiro atoms. The third-order valence-electron chi connectivity index (χ3n) is 3.38. The van der Waals surface area contributed by atoms with Crippen molar-refractivity contribution in [1.29, 1.82) is 0 Å². The van der Waals surface area contributed by atoms with Gasteiger partial charge in [-0.25, -0.2) is 9.59 Å². The van der Waals surface area contributed by atoms with Crippen LogP contribution in [0.5, 0.6) is 0 Å². The Balaban J connectivity index is 1.56. The molecule has 0 aliphatic carbocycles. The van der Waals surface area contributed by atoms with Gasteiger partial charge in [0.2, 0.25) is 0 Å². The van der Waals surface area contributed by atoms with E-state index in [0.29, 0.717) is 18.4 Å². The van der Waals surface area contributed by atoms with E-state index in [0.717, 1.165) is 25.0 Å². The van der Waals surface area contributed by atoms with Crippen molar-refractivity contribution in [3.63, 3.8) is 0 Å². The van der Waals surface area contributed by atoms with Crippen molar-refractivity contribution in [2.75, 3.05) is 18.9 Å². The largest absolute Gasteiger partial charge is 0.450 e. The van der Waals surface area contributed by atoms with Crippen LogP contribution in [-0.2, 0) is 4.74 Å². The standard InChI is InChI=1S/C12H21N3O3S/c1-2-13-12(17)18-6-4-3-5-9-10-8(7-19-9)14-11(16)15-10/h8-10H,2-7H2,1H3,(H,13,17)(H2,14,15,16)/t8-,9-,10-/m0/s1. The number of unbranched alkanes of at least 4 members (excludes halogenated alkanes) is 1. The first-order valence-corrected chi connectivity index (χ1v) is 7.85. The third-order valence-corrected chi connectivity index (χ3v) is 4.88. The highest BCUT2D eigenvalue weighted by atomic mass is 32.2. The number of carbonyl (C=O) groups is 2. The number of thioether (sulfide) groups is 1. The molecule has 0 bridgehead atoms. The van der Waals surface area contributed by atoms with Crippen LogP contribution < -0.4 is 16.0 Å². The maximum atomic E-state index is 11.2. The molecular formula is C12H21N3O3S. The third kappa shape index (κ3) is 3.92. The fourth-order valence-corrected chi connectivity index (χ4v) is 3.99. The molecule has 2 aliphatic rings. The monoisotopic (exact) mass is 287 g/mol. The number of nitrogens with one attached hydrogen (secondary N) is 3. The first kappa shape index (κ1) is 14.3. The van der Waals surface area contributed by atoms with Gasteiger partial charge in [-0.05, 0) is 26.2 Å². The van der Waals surface area contributed by atoms with Gasteiger partial charge < -0.3 is 20.7 Å². The van der Waals surface area contributed by atoms with E-state index in [1.807, 2.05) is 18.7 Å². The molecule has 6 nitrogen and oxygen atoms in total. The molecule has 0 aromatic rings. The summed E-state index contributed by atoms with van der Waals surface area (Å²) < 4.78 is 5.01. The van der Waals surface area contributed by atoms with E-state index in [1.165, 1.54) is 0 Å². The molecular weight excluding hydrogens is 266 g/mol. The molecule has 2 rings (SSSR count). The number of rotatable bonds is 6. The molecule has 7 heteroatoms. The van der Waals surface area contributed by atoms with Crippen LogP contribution in [0, 0.1) is 0 Å². The molecule has 3 atom stereocenters. The van der Waals surface area contributed by atoms with Crippen molar-refractivity contribution in [3.05, 3.63) is 0 Å². The van der Waals surface area contributed by atoms with Crippen molar-refractivity contribution >= 4 is 23.9 Å². The summed E-state index contributed by atoms with van der Waals surface area (Å²) in [6.45, 7) is 2.91. The number of carbonyl (C=O) groups excluding carboxylic acids is 2. The van der Waals surface area contributed by atoms with Gasteiger partial charge in [-0.15, -0.1) is 0 Å². The van der Waals surface area contributed by atoms with E-state index in [2.05, 4.69) is 16.0 Å². The summed E-state index contributed by atoms with van der Waals surface area (Å²) in [5, 5.41) is 8.97. The Bertz CT molecular complexity index is 340. The lowest BCUT2D eigenvalue weighted by Crippen LogP contribution is -2.36. The molecule has 0 unspecified atom stereocenters. The van der Waals surface area contributed by atoms with Crippen molar-refractivity contribution in [2.24, 2.45) is 0 Å². The second-order valence-corrected chi connectivity index (χ2v) is 6.06. The highest BCUT2D eigenvalue weighted by Gasteiger charge is 2.42. The van der Waals surface area contributed by atoms with Gasteiger partial charge in [-0.2, -0.15) is 11.8 Å². The van der Waals surface area contributed by atoms with Gasteiger partial charge in [-0.1, -0.05) is 0 Å². The fraction of sp³-hybridized carbons (Fsp3) is 0.833. The predicted octanol–water partition coefficient (Wildman–Crippen LogP) is 1.07. The molecule has 3 N–H and O–H groups in total. The number of urea groups is 1. The molecule has 2 heterocycles. The summed E-state index contributed by atoms with van der Waals surface area (Å²) in [5.41, 5.74) is 0. The first-order chi connectivity index (χ1) is 9.20. The number of hydrogen-bond acceptors (Lipinski definition) is 4. The number of ether oxygens (including phenoxy) is 1. The molecule has 2 aliphatic heterocycles. The maximum absolute atomic E-state index is 11.2. The van der Waals surface area contributed by atoms with Gasteiger partial charge in [0.25, 0.3) is 0 Å². The van der Waals surface area contributed by atoms with Crippen LogP contribution in [0.2, 0.25) is 0 Å². The summed E-state index contributed by atoms with van der Waals surface area (Å²) >= 11 is 1.91. The number of alkyl carbamates (subject to hydrolysis) is 1. The van der Waals surface area contributed by atoms with Crippen molar-refractivity contribution < 1.29 is 14.3 Å². The second kappa shape index (κ2) is 6.88. The quantitative estimate of drug-likeness (QED) is 0.504. The first-order valence-electron chi connectivity index (χ1n) is 6.80. The molecule has 0 aromatic carbocycles. The topological polar surface area (TPSA) is 79.5 Å². The van der Waals surface area contributed by atoms with E-state index >= 15 is 0 Å². The summed E-state index contributed by atoms with van der Waals surface area (Å²) in [7, 11) is 0. The summed E-state index contributed by atoms with van der Waals surface area (Å²) in [4.78, 5) is 22.3. The van der Waals surface area contributed by atoms with Gasteiger partial charge in [0.1, 0.15) is 0 Å². The molecule has 3 amide bonds. The maximum Gasteiger partial charge on any atom is 0.407 e. The smallest absolute Gasteiger partial charge is 0.407 e. The minimum absolute atomic E-state index is 0.0418. The van der Waals surface area contributed by atoms with E-state index in [1.54, 1.807) is 0 Å². The van der Waals surface area contributed by atoms with Crippen molar-refractivity contribution in [1.82, 2.24) is 16.0 Å². The molecule has 0 saturated carbocycles. The molecule has 0 aromatic heterocycles. The Kier molecular flexibility index (Phi) is 5.18. The second-order valence-electron chi connectivity index (χ2n) is 4.78. The van der Waals surface area contributed by atoms with E-state index in [4.69, 9.17) is 4.74 Å². The number of hydrogen-bond donors (Lipinski definition) is 3. The zero-order valence-corrected chi connectivity index (χ0v) is 11.9. The number of amides is 3. The van der Waals surface area contributed by atoms with Crippen LogP contribution >= 0.6 is 11.8 Å². The average molecular weight is 287 g/mol. The van der Waals surface area contributed by atoms with Crippen LogP contribution in [0.3, 0.4) is 0 Å². The van der Waals surface area contributed by atoms with E-state index < -0.39 is 0 Å². The molecule has 2 saturated heterocycles. The highest BCUT2D eigenvalue weighted by Crippen LogP contribution is 2.32. The normalized spacial score (nSPS) is 28.5. The summed E-state index contributed by atoms with van der Waals surface area (Å²) in [5.74, 6) is 0.990. The lowest BCUT2D eigenvalue weighted by atomic mass is 10.0. The van der Waals surface area contributed by atoms with Crippen LogP contribution in [0.4, 0.5) is 9.59 Å². The van der Waals surface area contributed by atoms with Crippen molar-refractivity contribution in [3.8, 4) is 0 Å². The summed E-state index contributed by atoms with van der Waals surface area (Å²) in [6, 6.07) is 0.510. The van der Waals surface area contributed by atoms with Crippen LogP contribution in [-0.4, -0.2) is 48.4 Å². The molecule has 108 valence electrons. The zero-order chi connectivity index (χ0) is 13.7. The Hall–Kier alpha value is -1.11. The molecule has 0 radical (unpaired) electrons. The zero-order valence-electron chi connectivity index (χ0n) is 11.1. The van der Waals surface area contributed by atoms with Crippen molar-refractivity contribution in [2.45, 2.75) is 43.5 Å². The van der Waals surface area contributed by atoms with E-state index in [-0.39, 0.29) is 24.2 Å². The Morgan fingerprint density at radius 1 is 1.47 bits per heavy atom. The van der Waals surface area contributed by atoms with Crippen LogP contribution in [0.25, 0.3) is 0 Å². The van der Waals surface area contributed by atoms with Gasteiger partial charge in [0, 0.05) is 17.5 Å². The highest BCUT2D eigenvalue weighted by molar-refractivity contribution is 8.00. The van der Waals surface area contributed by atoms with Gasteiger partial charge >= 0.3 is 12.1 Å². The predicted molar refractivity (Wildman–Crippen MR) is 74.4 cm³/mol. The lowest BCUT2D eigenvalue weighted by molar-refractivity contribution is 0.144. The average Bonchev–Trinajstić information content (AvgIpc) is 2.89. The molecule has 2 fully saturated rings. The number of fused-ring (bicyclic) bond motifs is 1. The van der Waals surface area contributed by atoms with Gasteiger partial charge in [-0.3, -0.25) is 0 Å². The fourth-order valence-electron chi connectivity index (χ4n) is 2.45. The Labute approximate surface area is 117 Å². The van der Waals surface area contributed by atoms with E-state index in [9.17, 15) is 9.59 Å². The van der Waals surface area contributed by atoms with Gasteiger partial charge in [0.15, 0.2) is 0 Å². The van der Waals surface area contributed by atoms with Gasteiger partial charge in [0.05, 0.1) is 18.7 Å². The Morgan fingerprint density at radius 3 is 3.11 bits per heavy atom. The van der Waals surface area contributed by atoms with Crippen LogP contribution in [0.15, 0.2) is 0 Å². The molecule has 19 heavy (non-hydrogen) atoms. The Morgan fingerprint density at radius 2 is 2.32 bits per heavy atom. The SMILES string of the molecule is CCNC(=O)OCCCC[C@@H]1SC[C@@H]2NC(=O)N[C@@H]21. The lowest BCUT2D eigenvalue weighted by Gasteiger charge is -2.16. The summed E-state index contributed by atoms with van der Waals surface area (Å²) in [6.07, 6.45) is 2.58. The minimum atomic E-state index is -0.343. The minimum Gasteiger partial charge on any atom is -0.450 e. The van der Waals surface area contributed by atoms with Crippen LogP contribution in [0.1, 0.15) is 26.2 Å².